The standard InChI is InChI=1S/C21H40O2/c1-17(2)9-6-10-18(3)11-7-12-19(4)13-8-15-21(5)16-14-20(22)23-21/h17-19H,6-16H2,1-5H3/t18-,19-,21-/m1/s1. The molecule has 1 saturated heterocycles. The molecule has 3 atom stereocenters. The van der Waals surface area contributed by atoms with Crippen LogP contribution in [0.15, 0.2) is 0 Å². The summed E-state index contributed by atoms with van der Waals surface area (Å²) in [6.45, 7) is 11.5. The SMILES string of the molecule is CC(C)CCC[C@@H](C)CCC[C@@H](C)CCC[C@]1(C)CCC(=O)O1. The Balaban J connectivity index is 2.01. The average Bonchev–Trinajstić information content (AvgIpc) is 2.78. The van der Waals surface area contributed by atoms with Gasteiger partial charge in [0, 0.05) is 6.42 Å². The fourth-order valence-corrected chi connectivity index (χ4v) is 3.72. The van der Waals surface area contributed by atoms with Crippen LogP contribution in [0.1, 0.15) is 105 Å². The van der Waals surface area contributed by atoms with E-state index in [-0.39, 0.29) is 11.6 Å². The zero-order valence-corrected chi connectivity index (χ0v) is 16.3. The molecular weight excluding hydrogens is 284 g/mol. The predicted molar refractivity (Wildman–Crippen MR) is 98.5 cm³/mol. The molecule has 0 aromatic carbocycles. The maximum atomic E-state index is 11.3. The van der Waals surface area contributed by atoms with Crippen molar-refractivity contribution in [3.63, 3.8) is 0 Å². The maximum absolute atomic E-state index is 11.3. The summed E-state index contributed by atoms with van der Waals surface area (Å²) in [6, 6.07) is 0. The zero-order valence-electron chi connectivity index (χ0n) is 16.3. The number of rotatable bonds is 12. The van der Waals surface area contributed by atoms with Crippen LogP contribution in [0.5, 0.6) is 0 Å². The summed E-state index contributed by atoms with van der Waals surface area (Å²) in [7, 11) is 0. The van der Waals surface area contributed by atoms with Crippen molar-refractivity contribution in [2.24, 2.45) is 17.8 Å². The molecule has 0 amide bonds. The number of ether oxygens (including phenoxy) is 1. The first-order chi connectivity index (χ1) is 10.8. The lowest BCUT2D eigenvalue weighted by molar-refractivity contribution is -0.147. The van der Waals surface area contributed by atoms with Crippen molar-refractivity contribution < 1.29 is 9.53 Å². The zero-order chi connectivity index (χ0) is 17.3. The second-order valence-corrected chi connectivity index (χ2v) is 8.78. The monoisotopic (exact) mass is 324 g/mol. The molecule has 0 N–H and O–H groups in total. The molecular formula is C21H40O2. The van der Waals surface area contributed by atoms with Crippen LogP contribution in [0.2, 0.25) is 0 Å². The highest BCUT2D eigenvalue weighted by atomic mass is 16.6. The lowest BCUT2D eigenvalue weighted by atomic mass is 9.89. The second kappa shape index (κ2) is 10.4. The number of esters is 1. The van der Waals surface area contributed by atoms with E-state index in [2.05, 4.69) is 34.6 Å². The van der Waals surface area contributed by atoms with Gasteiger partial charge in [0.15, 0.2) is 0 Å². The van der Waals surface area contributed by atoms with Crippen molar-refractivity contribution in [3.05, 3.63) is 0 Å². The molecule has 0 aromatic heterocycles. The third-order valence-corrected chi connectivity index (χ3v) is 5.49. The molecule has 0 aliphatic carbocycles. The van der Waals surface area contributed by atoms with Gasteiger partial charge in [0.05, 0.1) is 0 Å². The van der Waals surface area contributed by atoms with E-state index in [1.165, 1.54) is 51.4 Å². The molecule has 1 aliphatic heterocycles. The normalized spacial score (nSPS) is 24.0. The fraction of sp³-hybridized carbons (Fsp3) is 0.952. The predicted octanol–water partition coefficient (Wildman–Crippen LogP) is 6.52. The van der Waals surface area contributed by atoms with Gasteiger partial charge in [-0.25, -0.2) is 0 Å². The molecule has 0 bridgehead atoms. The minimum absolute atomic E-state index is 0.00740. The molecule has 0 radical (unpaired) electrons. The molecule has 2 heteroatoms. The first-order valence-electron chi connectivity index (χ1n) is 10.0. The third kappa shape index (κ3) is 9.37. The topological polar surface area (TPSA) is 26.3 Å². The van der Waals surface area contributed by atoms with Crippen LogP contribution in [-0.2, 0) is 9.53 Å². The van der Waals surface area contributed by atoms with Crippen molar-refractivity contribution in [1.29, 1.82) is 0 Å². The number of carbonyl (C=O) groups excluding carboxylic acids is 1. The van der Waals surface area contributed by atoms with Gasteiger partial charge in [-0.15, -0.1) is 0 Å². The summed E-state index contributed by atoms with van der Waals surface area (Å²) < 4.78 is 5.46. The molecule has 0 spiro atoms. The number of cyclic esters (lactones) is 1. The van der Waals surface area contributed by atoms with Crippen LogP contribution < -0.4 is 0 Å². The summed E-state index contributed by atoms with van der Waals surface area (Å²) >= 11 is 0. The van der Waals surface area contributed by atoms with E-state index in [9.17, 15) is 4.79 Å². The summed E-state index contributed by atoms with van der Waals surface area (Å²) in [6.07, 6.45) is 13.3. The molecule has 1 fully saturated rings. The highest BCUT2D eigenvalue weighted by Crippen LogP contribution is 2.32. The van der Waals surface area contributed by atoms with Crippen LogP contribution in [0, 0.1) is 17.8 Å². The van der Waals surface area contributed by atoms with Crippen LogP contribution in [0.25, 0.3) is 0 Å². The van der Waals surface area contributed by atoms with E-state index in [0.717, 1.165) is 30.6 Å². The van der Waals surface area contributed by atoms with Crippen molar-refractivity contribution in [1.82, 2.24) is 0 Å². The van der Waals surface area contributed by atoms with Crippen LogP contribution >= 0.6 is 0 Å². The van der Waals surface area contributed by atoms with Gasteiger partial charge in [-0.2, -0.15) is 0 Å². The van der Waals surface area contributed by atoms with Gasteiger partial charge >= 0.3 is 5.97 Å². The molecule has 23 heavy (non-hydrogen) atoms. The Morgan fingerprint density at radius 1 is 0.913 bits per heavy atom. The van der Waals surface area contributed by atoms with E-state index in [1.807, 2.05) is 0 Å². The maximum Gasteiger partial charge on any atom is 0.306 e. The van der Waals surface area contributed by atoms with Crippen molar-refractivity contribution in [3.8, 4) is 0 Å². The van der Waals surface area contributed by atoms with E-state index in [1.54, 1.807) is 0 Å². The summed E-state index contributed by atoms with van der Waals surface area (Å²) in [4.78, 5) is 11.3. The fourth-order valence-electron chi connectivity index (χ4n) is 3.72. The molecule has 1 aliphatic rings. The highest BCUT2D eigenvalue weighted by Gasteiger charge is 2.34. The molecule has 2 nitrogen and oxygen atoms in total. The minimum Gasteiger partial charge on any atom is -0.459 e. The Hall–Kier alpha value is -0.530. The lowest BCUT2D eigenvalue weighted by Crippen LogP contribution is -2.23. The summed E-state index contributed by atoms with van der Waals surface area (Å²) in [5.74, 6) is 2.53. The number of hydrogen-bond acceptors (Lipinski definition) is 2. The van der Waals surface area contributed by atoms with Crippen molar-refractivity contribution >= 4 is 5.97 Å². The molecule has 0 saturated carbocycles. The Morgan fingerprint density at radius 3 is 1.91 bits per heavy atom. The third-order valence-electron chi connectivity index (χ3n) is 5.49. The molecule has 1 rings (SSSR count). The van der Waals surface area contributed by atoms with E-state index >= 15 is 0 Å². The van der Waals surface area contributed by atoms with E-state index in [0.29, 0.717) is 6.42 Å². The molecule has 0 unspecified atom stereocenters. The Bertz CT molecular complexity index is 337. The Morgan fingerprint density at radius 2 is 1.43 bits per heavy atom. The molecule has 0 aromatic rings. The number of hydrogen-bond donors (Lipinski definition) is 0. The van der Waals surface area contributed by atoms with Crippen LogP contribution in [-0.4, -0.2) is 11.6 Å². The summed E-state index contributed by atoms with van der Waals surface area (Å²) in [5.41, 5.74) is -0.165. The van der Waals surface area contributed by atoms with Gasteiger partial charge in [0.2, 0.25) is 0 Å². The smallest absolute Gasteiger partial charge is 0.306 e. The van der Waals surface area contributed by atoms with Gasteiger partial charge in [-0.3, -0.25) is 4.79 Å². The highest BCUT2D eigenvalue weighted by molar-refractivity contribution is 5.72. The van der Waals surface area contributed by atoms with Gasteiger partial charge in [0.1, 0.15) is 5.60 Å². The largest absolute Gasteiger partial charge is 0.459 e. The molecule has 136 valence electrons. The first kappa shape index (κ1) is 20.5. The van der Waals surface area contributed by atoms with Gasteiger partial charge < -0.3 is 4.74 Å². The van der Waals surface area contributed by atoms with Crippen molar-refractivity contribution in [2.75, 3.05) is 0 Å². The van der Waals surface area contributed by atoms with Gasteiger partial charge in [-0.05, 0) is 43.9 Å². The Labute approximate surface area is 144 Å². The van der Waals surface area contributed by atoms with E-state index < -0.39 is 0 Å². The lowest BCUT2D eigenvalue weighted by Gasteiger charge is -2.23. The van der Waals surface area contributed by atoms with E-state index in [4.69, 9.17) is 4.74 Å². The average molecular weight is 325 g/mol. The van der Waals surface area contributed by atoms with Crippen LogP contribution in [0.4, 0.5) is 0 Å². The van der Waals surface area contributed by atoms with Gasteiger partial charge in [0.25, 0.3) is 0 Å². The molecule has 1 heterocycles. The van der Waals surface area contributed by atoms with Crippen LogP contribution in [0.3, 0.4) is 0 Å². The van der Waals surface area contributed by atoms with Gasteiger partial charge in [-0.1, -0.05) is 72.6 Å². The van der Waals surface area contributed by atoms with Crippen molar-refractivity contribution in [2.45, 2.75) is 111 Å². The second-order valence-electron chi connectivity index (χ2n) is 8.78. The first-order valence-corrected chi connectivity index (χ1v) is 10.0. The quantitative estimate of drug-likeness (QED) is 0.382. The number of carbonyl (C=O) groups is 1. The Kier molecular flexibility index (Phi) is 9.24. The minimum atomic E-state index is -0.165. The summed E-state index contributed by atoms with van der Waals surface area (Å²) in [5, 5.41) is 0.